The molecule has 0 aromatic carbocycles. The van der Waals surface area contributed by atoms with Crippen LogP contribution in [0.3, 0.4) is 0 Å². The van der Waals surface area contributed by atoms with E-state index in [1.165, 1.54) is 6.26 Å². The summed E-state index contributed by atoms with van der Waals surface area (Å²) in [5.41, 5.74) is -0.0574. The van der Waals surface area contributed by atoms with E-state index >= 15 is 0 Å². The minimum absolute atomic E-state index is 0.0526. The molecule has 0 amide bonds. The Balaban J connectivity index is 3.98. The fraction of sp³-hybridized carbons (Fsp3) is 0.917. The molecule has 0 saturated carbocycles. The number of ether oxygens (including phenoxy) is 1. The Bertz CT molecular complexity index is 372. The van der Waals surface area contributed by atoms with Crippen molar-refractivity contribution < 1.29 is 13.2 Å². The number of aliphatic imine (C=N–C) groups is 1. The highest BCUT2D eigenvalue weighted by atomic mass is 32.2. The molecule has 0 fully saturated rings. The lowest BCUT2D eigenvalue weighted by Crippen LogP contribution is -2.47. The predicted molar refractivity (Wildman–Crippen MR) is 79.4 cm³/mol. The Morgan fingerprint density at radius 3 is 2.37 bits per heavy atom. The normalized spacial score (nSPS) is 13.4. The van der Waals surface area contributed by atoms with Crippen molar-refractivity contribution in [1.29, 1.82) is 0 Å². The summed E-state index contributed by atoms with van der Waals surface area (Å²) in [6, 6.07) is 0. The van der Waals surface area contributed by atoms with E-state index in [0.29, 0.717) is 13.2 Å². The van der Waals surface area contributed by atoms with Crippen LogP contribution in [0.5, 0.6) is 0 Å². The maximum Gasteiger partial charge on any atom is 0.191 e. The molecular weight excluding hydrogens is 266 g/mol. The fourth-order valence-corrected chi connectivity index (χ4v) is 1.62. The monoisotopic (exact) mass is 293 g/mol. The van der Waals surface area contributed by atoms with E-state index in [4.69, 9.17) is 4.74 Å². The molecule has 0 aliphatic carbocycles. The first kappa shape index (κ1) is 18.2. The van der Waals surface area contributed by atoms with Gasteiger partial charge in [0.2, 0.25) is 0 Å². The summed E-state index contributed by atoms with van der Waals surface area (Å²) in [6.07, 6.45) is 1.20. The summed E-state index contributed by atoms with van der Waals surface area (Å²) in [7, 11) is -2.95. The van der Waals surface area contributed by atoms with Crippen molar-refractivity contribution in [1.82, 2.24) is 10.6 Å². The van der Waals surface area contributed by atoms with Crippen molar-refractivity contribution in [3.63, 3.8) is 0 Å². The Kier molecular flexibility index (Phi) is 8.01. The maximum atomic E-state index is 10.9. The van der Waals surface area contributed by atoms with Crippen molar-refractivity contribution >= 4 is 15.8 Å². The van der Waals surface area contributed by atoms with Crippen molar-refractivity contribution in [3.05, 3.63) is 0 Å². The van der Waals surface area contributed by atoms with Crippen LogP contribution in [0.4, 0.5) is 0 Å². The van der Waals surface area contributed by atoms with E-state index in [-0.39, 0.29) is 17.9 Å². The summed E-state index contributed by atoms with van der Waals surface area (Å²) in [4.78, 5) is 4.35. The SMILES string of the molecule is CCNC(=NCCOCCS(C)(=O)=O)NC(C)(C)C. The topological polar surface area (TPSA) is 79.8 Å². The molecule has 0 saturated heterocycles. The highest BCUT2D eigenvalue weighted by Gasteiger charge is 2.11. The maximum absolute atomic E-state index is 10.9. The van der Waals surface area contributed by atoms with Crippen LogP contribution in [0, 0.1) is 0 Å². The molecule has 114 valence electrons. The number of hydrogen-bond donors (Lipinski definition) is 2. The zero-order chi connectivity index (χ0) is 14.9. The Morgan fingerprint density at radius 1 is 1.26 bits per heavy atom. The fourth-order valence-electron chi connectivity index (χ4n) is 1.20. The molecule has 0 atom stereocenters. The van der Waals surface area contributed by atoms with E-state index in [1.54, 1.807) is 0 Å². The first-order valence-corrected chi connectivity index (χ1v) is 8.52. The number of hydrogen-bond acceptors (Lipinski definition) is 4. The molecule has 2 N–H and O–H groups in total. The summed E-state index contributed by atoms with van der Waals surface area (Å²) in [6.45, 7) is 10.1. The minimum atomic E-state index is -2.95. The number of sulfone groups is 1. The second kappa shape index (κ2) is 8.37. The van der Waals surface area contributed by atoms with Gasteiger partial charge in [-0.05, 0) is 27.7 Å². The molecule has 0 rings (SSSR count). The van der Waals surface area contributed by atoms with Gasteiger partial charge in [0.15, 0.2) is 5.96 Å². The van der Waals surface area contributed by atoms with E-state index in [9.17, 15) is 8.42 Å². The first-order valence-electron chi connectivity index (χ1n) is 6.46. The van der Waals surface area contributed by atoms with Crippen LogP contribution < -0.4 is 10.6 Å². The van der Waals surface area contributed by atoms with Gasteiger partial charge in [0, 0.05) is 18.3 Å². The lowest BCUT2D eigenvalue weighted by Gasteiger charge is -2.23. The van der Waals surface area contributed by atoms with E-state index in [0.717, 1.165) is 12.5 Å². The van der Waals surface area contributed by atoms with Gasteiger partial charge < -0.3 is 15.4 Å². The number of nitrogens with one attached hydrogen (secondary N) is 2. The second-order valence-corrected chi connectivity index (χ2v) is 7.64. The molecule has 0 heterocycles. The van der Waals surface area contributed by atoms with Gasteiger partial charge in [-0.2, -0.15) is 0 Å². The highest BCUT2D eigenvalue weighted by molar-refractivity contribution is 7.90. The van der Waals surface area contributed by atoms with Crippen LogP contribution in [0.25, 0.3) is 0 Å². The lowest BCUT2D eigenvalue weighted by molar-refractivity contribution is 0.157. The molecular formula is C12H27N3O3S. The van der Waals surface area contributed by atoms with Crippen molar-refractivity contribution in [3.8, 4) is 0 Å². The Morgan fingerprint density at radius 2 is 1.89 bits per heavy atom. The summed E-state index contributed by atoms with van der Waals surface area (Å²) < 4.78 is 27.0. The molecule has 6 nitrogen and oxygen atoms in total. The summed E-state index contributed by atoms with van der Waals surface area (Å²) in [5.74, 6) is 0.790. The summed E-state index contributed by atoms with van der Waals surface area (Å²) >= 11 is 0. The van der Waals surface area contributed by atoms with Crippen molar-refractivity contribution in [2.75, 3.05) is 38.3 Å². The molecule has 0 aromatic rings. The molecule has 19 heavy (non-hydrogen) atoms. The van der Waals surface area contributed by atoms with E-state index in [1.807, 2.05) is 6.92 Å². The molecule has 0 unspecified atom stereocenters. The van der Waals surface area contributed by atoms with Gasteiger partial charge in [-0.3, -0.25) is 4.99 Å². The average Bonchev–Trinajstić information content (AvgIpc) is 2.19. The second-order valence-electron chi connectivity index (χ2n) is 5.38. The quantitative estimate of drug-likeness (QED) is 0.403. The lowest BCUT2D eigenvalue weighted by atomic mass is 10.1. The first-order chi connectivity index (χ1) is 8.64. The Labute approximate surface area is 116 Å². The predicted octanol–water partition coefficient (Wildman–Crippen LogP) is 0.401. The van der Waals surface area contributed by atoms with E-state index in [2.05, 4.69) is 36.4 Å². The van der Waals surface area contributed by atoms with Gasteiger partial charge in [-0.25, -0.2) is 8.42 Å². The highest BCUT2D eigenvalue weighted by Crippen LogP contribution is 1.97. The third-order valence-electron chi connectivity index (χ3n) is 1.94. The zero-order valence-corrected chi connectivity index (χ0v) is 13.4. The number of nitrogens with zero attached hydrogens (tertiary/aromatic N) is 1. The van der Waals surface area contributed by atoms with Crippen LogP contribution in [-0.2, 0) is 14.6 Å². The standard InChI is InChI=1S/C12H27N3O3S/c1-6-13-11(15-12(2,3)4)14-7-8-18-9-10-19(5,16)17/h6-10H2,1-5H3,(H2,13,14,15). The number of rotatable bonds is 7. The van der Waals surface area contributed by atoms with Gasteiger partial charge in [-0.1, -0.05) is 0 Å². The van der Waals surface area contributed by atoms with Crippen LogP contribution in [-0.4, -0.2) is 58.2 Å². The molecule has 0 radical (unpaired) electrons. The van der Waals surface area contributed by atoms with Crippen LogP contribution in [0.15, 0.2) is 4.99 Å². The molecule has 0 spiro atoms. The molecule has 0 aliphatic rings. The van der Waals surface area contributed by atoms with Crippen LogP contribution in [0.1, 0.15) is 27.7 Å². The number of guanidine groups is 1. The van der Waals surface area contributed by atoms with Gasteiger partial charge in [0.05, 0.1) is 25.5 Å². The Hall–Kier alpha value is -0.820. The van der Waals surface area contributed by atoms with Crippen molar-refractivity contribution in [2.45, 2.75) is 33.2 Å². The van der Waals surface area contributed by atoms with Crippen LogP contribution >= 0.6 is 0 Å². The van der Waals surface area contributed by atoms with Crippen molar-refractivity contribution in [2.24, 2.45) is 4.99 Å². The van der Waals surface area contributed by atoms with Gasteiger partial charge >= 0.3 is 0 Å². The molecule has 0 aliphatic heterocycles. The van der Waals surface area contributed by atoms with E-state index < -0.39 is 9.84 Å². The largest absolute Gasteiger partial charge is 0.378 e. The molecule has 0 aromatic heterocycles. The molecule has 0 bridgehead atoms. The molecule has 7 heteroatoms. The minimum Gasteiger partial charge on any atom is -0.378 e. The smallest absolute Gasteiger partial charge is 0.191 e. The summed E-state index contributed by atoms with van der Waals surface area (Å²) in [5, 5.41) is 6.40. The third-order valence-corrected chi connectivity index (χ3v) is 2.85. The van der Waals surface area contributed by atoms with Gasteiger partial charge in [-0.15, -0.1) is 0 Å². The average molecular weight is 293 g/mol. The van der Waals surface area contributed by atoms with Gasteiger partial charge in [0.1, 0.15) is 9.84 Å². The van der Waals surface area contributed by atoms with Crippen LogP contribution in [0.2, 0.25) is 0 Å². The van der Waals surface area contributed by atoms with Gasteiger partial charge in [0.25, 0.3) is 0 Å². The third kappa shape index (κ3) is 13.4. The zero-order valence-electron chi connectivity index (χ0n) is 12.6.